The summed E-state index contributed by atoms with van der Waals surface area (Å²) in [5.41, 5.74) is -0.631. The van der Waals surface area contributed by atoms with Gasteiger partial charge in [0.25, 0.3) is 0 Å². The van der Waals surface area contributed by atoms with Gasteiger partial charge in [-0.15, -0.1) is 0 Å². The van der Waals surface area contributed by atoms with E-state index in [4.69, 9.17) is 9.47 Å². The number of rotatable bonds is 2. The second kappa shape index (κ2) is 6.29. The van der Waals surface area contributed by atoms with Gasteiger partial charge >= 0.3 is 6.09 Å². The van der Waals surface area contributed by atoms with Gasteiger partial charge in [0.1, 0.15) is 18.2 Å². The first-order valence-electron chi connectivity index (χ1n) is 7.29. The van der Waals surface area contributed by atoms with Crippen LogP contribution >= 0.6 is 0 Å². The Morgan fingerprint density at radius 3 is 2.76 bits per heavy atom. The van der Waals surface area contributed by atoms with Crippen LogP contribution in [0.5, 0.6) is 0 Å². The van der Waals surface area contributed by atoms with Crippen LogP contribution in [0.1, 0.15) is 20.8 Å². The van der Waals surface area contributed by atoms with Gasteiger partial charge in [0.2, 0.25) is 0 Å². The van der Waals surface area contributed by atoms with Crippen molar-refractivity contribution in [2.24, 2.45) is 5.92 Å². The van der Waals surface area contributed by atoms with E-state index in [1.165, 1.54) is 4.90 Å². The molecule has 21 heavy (non-hydrogen) atoms. The molecule has 2 N–H and O–H groups in total. The van der Waals surface area contributed by atoms with Gasteiger partial charge in [-0.1, -0.05) is 0 Å². The summed E-state index contributed by atoms with van der Waals surface area (Å²) in [6.45, 7) is 7.00. The number of amides is 1. The lowest BCUT2D eigenvalue weighted by Crippen LogP contribution is -2.48. The van der Waals surface area contributed by atoms with E-state index >= 15 is 0 Å². The van der Waals surface area contributed by atoms with E-state index in [1.54, 1.807) is 20.8 Å². The van der Waals surface area contributed by atoms with Gasteiger partial charge in [0, 0.05) is 25.6 Å². The third-order valence-electron chi connectivity index (χ3n) is 3.65. The summed E-state index contributed by atoms with van der Waals surface area (Å²) < 4.78 is 11.1. The van der Waals surface area contributed by atoms with Crippen LogP contribution < -0.4 is 5.32 Å². The van der Waals surface area contributed by atoms with Crippen molar-refractivity contribution in [3.05, 3.63) is 0 Å². The number of aliphatic hydroxyl groups is 1. The molecule has 0 saturated carbocycles. The zero-order valence-electron chi connectivity index (χ0n) is 12.8. The smallest absolute Gasteiger partial charge is 0.411 e. The van der Waals surface area contributed by atoms with Gasteiger partial charge in [-0.05, 0) is 20.8 Å². The molecule has 2 aliphatic rings. The van der Waals surface area contributed by atoms with Crippen molar-refractivity contribution in [3.8, 4) is 0 Å². The highest BCUT2D eigenvalue weighted by Gasteiger charge is 2.49. The van der Waals surface area contributed by atoms with Crippen molar-refractivity contribution < 1.29 is 24.2 Å². The summed E-state index contributed by atoms with van der Waals surface area (Å²) in [7, 11) is 0. The fraction of sp³-hybridized carbons (Fsp3) is 0.857. The number of fused-ring (bicyclic) bond motifs is 1. The van der Waals surface area contributed by atoms with Crippen LogP contribution in [0.25, 0.3) is 0 Å². The van der Waals surface area contributed by atoms with Crippen molar-refractivity contribution in [1.29, 1.82) is 0 Å². The largest absolute Gasteiger partial charge is 0.444 e. The number of nitrogens with zero attached hydrogens (tertiary/aromatic N) is 1. The standard InChI is InChI=1S/C14H24N2O5/c1-14(2,3)21-13(19)16-7-9-6-15-4-5-20-12(9)11(16)10(18)8-17/h9,11-12,15,17H,4-8H2,1-3H3/t9-,11+,12+/m0/s1. The van der Waals surface area contributed by atoms with E-state index in [9.17, 15) is 14.7 Å². The van der Waals surface area contributed by atoms with E-state index in [2.05, 4.69) is 5.32 Å². The van der Waals surface area contributed by atoms with Crippen LogP contribution in [0.2, 0.25) is 0 Å². The normalized spacial score (nSPS) is 29.7. The highest BCUT2D eigenvalue weighted by Crippen LogP contribution is 2.29. The predicted octanol–water partition coefficient (Wildman–Crippen LogP) is -0.228. The van der Waals surface area contributed by atoms with Gasteiger partial charge in [0.05, 0.1) is 12.7 Å². The molecule has 2 rings (SSSR count). The Bertz CT molecular complexity index is 407. The molecule has 0 spiro atoms. The number of carbonyl (C=O) groups is 2. The van der Waals surface area contributed by atoms with E-state index in [1.807, 2.05) is 0 Å². The fourth-order valence-corrected chi connectivity index (χ4v) is 2.83. The second-order valence-corrected chi connectivity index (χ2v) is 6.50. The predicted molar refractivity (Wildman–Crippen MR) is 74.9 cm³/mol. The topological polar surface area (TPSA) is 88.1 Å². The first-order valence-corrected chi connectivity index (χ1v) is 7.29. The minimum absolute atomic E-state index is 0.0283. The summed E-state index contributed by atoms with van der Waals surface area (Å²) in [5.74, 6) is -0.379. The fourth-order valence-electron chi connectivity index (χ4n) is 2.83. The minimum Gasteiger partial charge on any atom is -0.444 e. The Morgan fingerprint density at radius 1 is 1.43 bits per heavy atom. The summed E-state index contributed by atoms with van der Waals surface area (Å²) in [5, 5.41) is 12.4. The lowest BCUT2D eigenvalue weighted by atomic mass is 9.99. The highest BCUT2D eigenvalue weighted by atomic mass is 16.6. The molecule has 1 amide bonds. The maximum atomic E-state index is 12.3. The van der Waals surface area contributed by atoms with Crippen LogP contribution in [-0.2, 0) is 14.3 Å². The monoisotopic (exact) mass is 300 g/mol. The molecule has 2 aliphatic heterocycles. The number of carbonyl (C=O) groups excluding carboxylic acids is 2. The van der Waals surface area contributed by atoms with Gasteiger partial charge in [-0.2, -0.15) is 0 Å². The maximum absolute atomic E-state index is 12.3. The Morgan fingerprint density at radius 2 is 2.14 bits per heavy atom. The molecule has 120 valence electrons. The van der Waals surface area contributed by atoms with E-state index < -0.39 is 30.1 Å². The van der Waals surface area contributed by atoms with Crippen molar-refractivity contribution in [3.63, 3.8) is 0 Å². The van der Waals surface area contributed by atoms with Gasteiger partial charge in [-0.3, -0.25) is 9.69 Å². The Balaban J connectivity index is 2.19. The van der Waals surface area contributed by atoms with Gasteiger partial charge in [0.15, 0.2) is 5.78 Å². The van der Waals surface area contributed by atoms with Crippen LogP contribution in [0.3, 0.4) is 0 Å². The lowest BCUT2D eigenvalue weighted by Gasteiger charge is -2.29. The molecule has 3 atom stereocenters. The van der Waals surface area contributed by atoms with Crippen molar-refractivity contribution in [1.82, 2.24) is 10.2 Å². The van der Waals surface area contributed by atoms with Crippen LogP contribution in [-0.4, -0.2) is 72.5 Å². The molecule has 7 nitrogen and oxygen atoms in total. The number of Topliss-reactive ketones (excluding diaryl/α,β-unsaturated/α-hetero) is 1. The average molecular weight is 300 g/mol. The minimum atomic E-state index is -0.769. The maximum Gasteiger partial charge on any atom is 0.411 e. The molecule has 7 heteroatoms. The van der Waals surface area contributed by atoms with E-state index in [0.29, 0.717) is 19.7 Å². The number of aliphatic hydroxyl groups excluding tert-OH is 1. The van der Waals surface area contributed by atoms with Crippen molar-refractivity contribution in [2.75, 3.05) is 32.8 Å². The number of hydrogen-bond acceptors (Lipinski definition) is 6. The van der Waals surface area contributed by atoms with Crippen LogP contribution in [0.4, 0.5) is 4.79 Å². The van der Waals surface area contributed by atoms with Gasteiger partial charge in [-0.25, -0.2) is 4.79 Å². The zero-order valence-corrected chi connectivity index (χ0v) is 12.8. The SMILES string of the molecule is CC(C)(C)OC(=O)N1C[C@@H]2CNCCO[C@H]2[C@H]1C(=O)CO. The molecule has 0 unspecified atom stereocenters. The second-order valence-electron chi connectivity index (χ2n) is 6.50. The molecule has 2 heterocycles. The van der Waals surface area contributed by atoms with E-state index in [-0.39, 0.29) is 12.0 Å². The Kier molecular flexibility index (Phi) is 4.85. The third-order valence-corrected chi connectivity index (χ3v) is 3.65. The lowest BCUT2D eigenvalue weighted by molar-refractivity contribution is -0.130. The number of ether oxygens (including phenoxy) is 2. The summed E-state index contributed by atoms with van der Waals surface area (Å²) in [6.07, 6.45) is -0.918. The van der Waals surface area contributed by atoms with Crippen molar-refractivity contribution >= 4 is 11.9 Å². The molecule has 2 fully saturated rings. The number of hydrogen-bond donors (Lipinski definition) is 2. The number of likely N-dealkylation sites (tertiary alicyclic amines) is 1. The highest BCUT2D eigenvalue weighted by molar-refractivity contribution is 5.89. The number of nitrogens with one attached hydrogen (secondary N) is 1. The molecular weight excluding hydrogens is 276 g/mol. The molecule has 0 aromatic rings. The van der Waals surface area contributed by atoms with E-state index in [0.717, 1.165) is 6.54 Å². The Hall–Kier alpha value is -1.18. The average Bonchev–Trinajstić information content (AvgIpc) is 2.59. The number of ketones is 1. The quantitative estimate of drug-likeness (QED) is 0.732. The first-order chi connectivity index (χ1) is 9.83. The molecular formula is C14H24N2O5. The molecule has 0 bridgehead atoms. The Labute approximate surface area is 124 Å². The molecule has 0 aromatic heterocycles. The van der Waals surface area contributed by atoms with Crippen LogP contribution in [0, 0.1) is 5.92 Å². The molecule has 0 aliphatic carbocycles. The zero-order chi connectivity index (χ0) is 15.6. The molecule has 0 aromatic carbocycles. The summed E-state index contributed by atoms with van der Waals surface area (Å²) >= 11 is 0. The van der Waals surface area contributed by atoms with Crippen LogP contribution in [0.15, 0.2) is 0 Å². The summed E-state index contributed by atoms with van der Waals surface area (Å²) in [6, 6.07) is -0.769. The first kappa shape index (κ1) is 16.2. The third kappa shape index (κ3) is 3.72. The van der Waals surface area contributed by atoms with Crippen molar-refractivity contribution in [2.45, 2.75) is 38.5 Å². The molecule has 2 saturated heterocycles. The summed E-state index contributed by atoms with van der Waals surface area (Å²) in [4.78, 5) is 25.8. The van der Waals surface area contributed by atoms with Gasteiger partial charge < -0.3 is 19.9 Å². The molecule has 0 radical (unpaired) electrons.